The van der Waals surface area contributed by atoms with E-state index in [2.05, 4.69) is 19.1 Å². The van der Waals surface area contributed by atoms with Crippen LogP contribution in [0.1, 0.15) is 31.4 Å². The number of carboxylic acid groups (broad SMARTS) is 1. The first-order valence-electron chi connectivity index (χ1n) is 9.14. The van der Waals surface area contributed by atoms with Crippen molar-refractivity contribution < 1.29 is 24.1 Å². The molecule has 0 amide bonds. The van der Waals surface area contributed by atoms with Crippen LogP contribution < -0.4 is 14.2 Å². The molecule has 0 spiro atoms. The third-order valence-corrected chi connectivity index (χ3v) is 3.76. The van der Waals surface area contributed by atoms with Crippen molar-refractivity contribution in [2.45, 2.75) is 26.7 Å². The SMILES string of the molecule is CCCc1ccc(OCCOc2ccc(C=CC(=O)O)cc2OCC)cc1. The molecule has 0 aliphatic carbocycles. The Bertz CT molecular complexity index is 750. The van der Waals surface area contributed by atoms with E-state index in [9.17, 15) is 4.79 Å². The van der Waals surface area contributed by atoms with E-state index in [1.165, 1.54) is 11.6 Å². The quantitative estimate of drug-likeness (QED) is 0.463. The maximum atomic E-state index is 10.6. The molecule has 0 aliphatic heterocycles. The molecule has 0 aromatic heterocycles. The molecule has 0 atom stereocenters. The second-order valence-electron chi connectivity index (χ2n) is 5.90. The van der Waals surface area contributed by atoms with Gasteiger partial charge in [0, 0.05) is 6.08 Å². The molecule has 5 heteroatoms. The zero-order valence-corrected chi connectivity index (χ0v) is 15.8. The highest BCUT2D eigenvalue weighted by Crippen LogP contribution is 2.29. The summed E-state index contributed by atoms with van der Waals surface area (Å²) >= 11 is 0. The number of rotatable bonds is 11. The van der Waals surface area contributed by atoms with Crippen molar-refractivity contribution in [3.63, 3.8) is 0 Å². The first-order valence-corrected chi connectivity index (χ1v) is 9.14. The second-order valence-corrected chi connectivity index (χ2v) is 5.90. The van der Waals surface area contributed by atoms with Gasteiger partial charge >= 0.3 is 5.97 Å². The van der Waals surface area contributed by atoms with Gasteiger partial charge in [-0.25, -0.2) is 4.79 Å². The fourth-order valence-corrected chi connectivity index (χ4v) is 2.54. The lowest BCUT2D eigenvalue weighted by atomic mass is 10.1. The average Bonchev–Trinajstić information content (AvgIpc) is 2.66. The number of benzene rings is 2. The molecule has 2 aromatic carbocycles. The highest BCUT2D eigenvalue weighted by atomic mass is 16.5. The third kappa shape index (κ3) is 7.05. The van der Waals surface area contributed by atoms with Crippen LogP contribution in [-0.2, 0) is 11.2 Å². The molecule has 0 unspecified atom stereocenters. The number of aryl methyl sites for hydroxylation is 1. The van der Waals surface area contributed by atoms with Crippen LogP contribution in [0.2, 0.25) is 0 Å². The lowest BCUT2D eigenvalue weighted by Gasteiger charge is -2.13. The first-order chi connectivity index (χ1) is 13.1. The summed E-state index contributed by atoms with van der Waals surface area (Å²) in [5, 5.41) is 8.72. The molecule has 27 heavy (non-hydrogen) atoms. The van der Waals surface area contributed by atoms with Crippen LogP contribution in [0.3, 0.4) is 0 Å². The minimum atomic E-state index is -0.992. The Morgan fingerprint density at radius 2 is 1.70 bits per heavy atom. The summed E-state index contributed by atoms with van der Waals surface area (Å²) in [5.74, 6) is 1.01. The number of ether oxygens (including phenoxy) is 3. The topological polar surface area (TPSA) is 65.0 Å². The van der Waals surface area contributed by atoms with Crippen LogP contribution in [0, 0.1) is 0 Å². The molecular formula is C22H26O5. The molecule has 0 bridgehead atoms. The number of carbonyl (C=O) groups is 1. The molecule has 5 nitrogen and oxygen atoms in total. The summed E-state index contributed by atoms with van der Waals surface area (Å²) < 4.78 is 17.1. The lowest BCUT2D eigenvalue weighted by Crippen LogP contribution is -2.10. The summed E-state index contributed by atoms with van der Waals surface area (Å²) in [4.78, 5) is 10.6. The number of carboxylic acids is 1. The van der Waals surface area contributed by atoms with E-state index in [0.717, 1.165) is 30.2 Å². The Hall–Kier alpha value is -2.95. The van der Waals surface area contributed by atoms with Crippen LogP contribution in [0.15, 0.2) is 48.5 Å². The molecule has 0 saturated carbocycles. The van der Waals surface area contributed by atoms with E-state index < -0.39 is 5.97 Å². The van der Waals surface area contributed by atoms with Gasteiger partial charge in [0.15, 0.2) is 11.5 Å². The van der Waals surface area contributed by atoms with Crippen LogP contribution in [-0.4, -0.2) is 30.9 Å². The van der Waals surface area contributed by atoms with Crippen LogP contribution >= 0.6 is 0 Å². The Labute approximate surface area is 160 Å². The van der Waals surface area contributed by atoms with Crippen molar-refractivity contribution >= 4 is 12.0 Å². The van der Waals surface area contributed by atoms with Crippen molar-refractivity contribution in [2.75, 3.05) is 19.8 Å². The molecule has 0 fully saturated rings. The van der Waals surface area contributed by atoms with Gasteiger partial charge in [-0.2, -0.15) is 0 Å². The summed E-state index contributed by atoms with van der Waals surface area (Å²) in [7, 11) is 0. The maximum absolute atomic E-state index is 10.6. The van der Waals surface area contributed by atoms with Crippen molar-refractivity contribution in [1.82, 2.24) is 0 Å². The Balaban J connectivity index is 1.89. The van der Waals surface area contributed by atoms with Crippen molar-refractivity contribution in [3.05, 3.63) is 59.7 Å². The average molecular weight is 370 g/mol. The lowest BCUT2D eigenvalue weighted by molar-refractivity contribution is -0.131. The Morgan fingerprint density at radius 1 is 0.963 bits per heavy atom. The minimum absolute atomic E-state index is 0.376. The summed E-state index contributed by atoms with van der Waals surface area (Å²) in [5.41, 5.74) is 2.04. The van der Waals surface area contributed by atoms with Gasteiger partial charge in [-0.1, -0.05) is 31.5 Å². The molecular weight excluding hydrogens is 344 g/mol. The summed E-state index contributed by atoms with van der Waals surface area (Å²) in [6, 6.07) is 13.4. The second kappa shape index (κ2) is 10.9. The summed E-state index contributed by atoms with van der Waals surface area (Å²) in [6.45, 7) is 5.33. The fourth-order valence-electron chi connectivity index (χ4n) is 2.54. The van der Waals surface area contributed by atoms with Gasteiger partial charge in [-0.15, -0.1) is 0 Å². The van der Waals surface area contributed by atoms with Crippen molar-refractivity contribution in [3.8, 4) is 17.2 Å². The molecule has 1 N–H and O–H groups in total. The minimum Gasteiger partial charge on any atom is -0.490 e. The monoisotopic (exact) mass is 370 g/mol. The number of aliphatic carboxylic acids is 1. The zero-order valence-electron chi connectivity index (χ0n) is 15.8. The van der Waals surface area contributed by atoms with Gasteiger partial charge in [-0.05, 0) is 54.8 Å². The third-order valence-electron chi connectivity index (χ3n) is 3.76. The van der Waals surface area contributed by atoms with Crippen LogP contribution in [0.4, 0.5) is 0 Å². The van der Waals surface area contributed by atoms with E-state index in [0.29, 0.717) is 31.3 Å². The van der Waals surface area contributed by atoms with Gasteiger partial charge in [-0.3, -0.25) is 0 Å². The van der Waals surface area contributed by atoms with Gasteiger partial charge in [0.1, 0.15) is 19.0 Å². The van der Waals surface area contributed by atoms with Gasteiger partial charge in [0.05, 0.1) is 6.61 Å². The largest absolute Gasteiger partial charge is 0.490 e. The van der Waals surface area contributed by atoms with Gasteiger partial charge in [0.2, 0.25) is 0 Å². The molecule has 2 rings (SSSR count). The van der Waals surface area contributed by atoms with Crippen LogP contribution in [0.5, 0.6) is 17.2 Å². The first kappa shape index (κ1) is 20.4. The zero-order chi connectivity index (χ0) is 19.5. The standard InChI is InChI=1S/C22H26O5/c1-3-5-17-6-10-19(11-7-17)26-14-15-27-20-12-8-18(9-13-22(23)24)16-21(20)25-4-2/h6-13,16H,3-5,14-15H2,1-2H3,(H,23,24). The van der Waals surface area contributed by atoms with E-state index in [1.807, 2.05) is 19.1 Å². The number of hydrogen-bond acceptors (Lipinski definition) is 4. The van der Waals surface area contributed by atoms with Crippen molar-refractivity contribution in [1.29, 1.82) is 0 Å². The van der Waals surface area contributed by atoms with E-state index in [-0.39, 0.29) is 0 Å². The maximum Gasteiger partial charge on any atom is 0.328 e. The Kier molecular flexibility index (Phi) is 8.23. The normalized spacial score (nSPS) is 10.7. The highest BCUT2D eigenvalue weighted by Gasteiger charge is 2.06. The van der Waals surface area contributed by atoms with E-state index >= 15 is 0 Å². The smallest absolute Gasteiger partial charge is 0.328 e. The molecule has 2 aromatic rings. The molecule has 0 aliphatic rings. The highest BCUT2D eigenvalue weighted by molar-refractivity contribution is 5.85. The van der Waals surface area contributed by atoms with Crippen LogP contribution in [0.25, 0.3) is 6.08 Å². The molecule has 144 valence electrons. The molecule has 0 heterocycles. The van der Waals surface area contributed by atoms with E-state index in [1.54, 1.807) is 18.2 Å². The van der Waals surface area contributed by atoms with Crippen molar-refractivity contribution in [2.24, 2.45) is 0 Å². The predicted octanol–water partition coefficient (Wildman–Crippen LogP) is 4.59. The fraction of sp³-hybridized carbons (Fsp3) is 0.318. The molecule has 0 radical (unpaired) electrons. The van der Waals surface area contributed by atoms with Gasteiger partial charge < -0.3 is 19.3 Å². The Morgan fingerprint density at radius 3 is 2.37 bits per heavy atom. The predicted molar refractivity (Wildman–Crippen MR) is 106 cm³/mol. The number of hydrogen-bond donors (Lipinski definition) is 1. The summed E-state index contributed by atoms with van der Waals surface area (Å²) in [6.07, 6.45) is 4.80. The molecule has 0 saturated heterocycles. The van der Waals surface area contributed by atoms with E-state index in [4.69, 9.17) is 19.3 Å². The van der Waals surface area contributed by atoms with Gasteiger partial charge in [0.25, 0.3) is 0 Å².